The Labute approximate surface area is 116 Å². The van der Waals surface area contributed by atoms with E-state index in [1.54, 1.807) is 4.90 Å². The summed E-state index contributed by atoms with van der Waals surface area (Å²) < 4.78 is 0. The maximum atomic E-state index is 12.2. The van der Waals surface area contributed by atoms with Gasteiger partial charge in [-0.05, 0) is 38.1 Å². The van der Waals surface area contributed by atoms with Crippen molar-refractivity contribution < 1.29 is 4.79 Å². The van der Waals surface area contributed by atoms with Crippen molar-refractivity contribution >= 4 is 5.91 Å². The van der Waals surface area contributed by atoms with Crippen molar-refractivity contribution in [3.05, 3.63) is 0 Å². The molecule has 19 heavy (non-hydrogen) atoms. The lowest BCUT2D eigenvalue weighted by atomic mass is 9.78. The molecule has 0 N–H and O–H groups in total. The summed E-state index contributed by atoms with van der Waals surface area (Å²) in [6.07, 6.45) is 8.30. The van der Waals surface area contributed by atoms with E-state index in [9.17, 15) is 4.79 Å². The molecule has 0 spiro atoms. The van der Waals surface area contributed by atoms with Crippen LogP contribution in [0.25, 0.3) is 0 Å². The van der Waals surface area contributed by atoms with Gasteiger partial charge in [0.15, 0.2) is 0 Å². The smallest absolute Gasteiger partial charge is 0.236 e. The van der Waals surface area contributed by atoms with Gasteiger partial charge in [-0.3, -0.25) is 9.69 Å². The molecule has 2 fully saturated rings. The van der Waals surface area contributed by atoms with Crippen molar-refractivity contribution in [3.63, 3.8) is 0 Å². The molecule has 1 saturated heterocycles. The number of likely N-dealkylation sites (N-methyl/N-ethyl adjacent to an activating group) is 1. The van der Waals surface area contributed by atoms with E-state index in [0.29, 0.717) is 25.6 Å². The first kappa shape index (κ1) is 14.3. The first-order chi connectivity index (χ1) is 9.22. The summed E-state index contributed by atoms with van der Waals surface area (Å²) in [6.45, 7) is 2.17. The highest BCUT2D eigenvalue weighted by Crippen LogP contribution is 2.35. The number of likely N-dealkylation sites (tertiary alicyclic amines) is 1. The molecule has 0 unspecified atom stereocenters. The van der Waals surface area contributed by atoms with Gasteiger partial charge >= 0.3 is 0 Å². The van der Waals surface area contributed by atoms with E-state index in [-0.39, 0.29) is 5.91 Å². The van der Waals surface area contributed by atoms with Crippen molar-refractivity contribution in [3.8, 4) is 6.07 Å². The highest BCUT2D eigenvalue weighted by molar-refractivity contribution is 5.78. The van der Waals surface area contributed by atoms with Crippen molar-refractivity contribution in [2.75, 3.05) is 26.7 Å². The second-order valence-corrected chi connectivity index (χ2v) is 5.95. The molecule has 0 radical (unpaired) electrons. The SMILES string of the molecule is CN(CCC#N)C(=O)CN1CCC[C@H]2CCCC[C@H]21. The Morgan fingerprint density at radius 1 is 1.32 bits per heavy atom. The normalized spacial score (nSPS) is 27.4. The van der Waals surface area contributed by atoms with Gasteiger partial charge in [-0.2, -0.15) is 5.26 Å². The van der Waals surface area contributed by atoms with Gasteiger partial charge < -0.3 is 4.90 Å². The van der Waals surface area contributed by atoms with Gasteiger partial charge in [0.1, 0.15) is 0 Å². The Balaban J connectivity index is 1.86. The number of rotatable bonds is 4. The van der Waals surface area contributed by atoms with E-state index in [2.05, 4.69) is 11.0 Å². The zero-order valence-corrected chi connectivity index (χ0v) is 12.0. The zero-order chi connectivity index (χ0) is 13.7. The minimum atomic E-state index is 0.168. The number of hydrogen-bond acceptors (Lipinski definition) is 3. The van der Waals surface area contributed by atoms with Gasteiger partial charge in [0, 0.05) is 19.6 Å². The maximum Gasteiger partial charge on any atom is 0.236 e. The van der Waals surface area contributed by atoms with Crippen molar-refractivity contribution in [2.45, 2.75) is 51.0 Å². The topological polar surface area (TPSA) is 47.3 Å². The number of nitrogens with zero attached hydrogens (tertiary/aromatic N) is 3. The molecule has 0 bridgehead atoms. The predicted molar refractivity (Wildman–Crippen MR) is 74.4 cm³/mol. The summed E-state index contributed by atoms with van der Waals surface area (Å²) >= 11 is 0. The molecule has 2 atom stereocenters. The molecule has 1 saturated carbocycles. The molecule has 2 aliphatic rings. The second-order valence-electron chi connectivity index (χ2n) is 5.95. The number of amides is 1. The molecule has 2 rings (SSSR count). The Morgan fingerprint density at radius 3 is 2.84 bits per heavy atom. The van der Waals surface area contributed by atoms with Crippen molar-refractivity contribution in [1.29, 1.82) is 5.26 Å². The first-order valence-corrected chi connectivity index (χ1v) is 7.57. The lowest BCUT2D eigenvalue weighted by molar-refractivity contribution is -0.132. The molecule has 106 valence electrons. The molecule has 4 heteroatoms. The molecule has 1 amide bonds. The standard InChI is InChI=1S/C15H25N3O/c1-17(10-5-9-16)15(19)12-18-11-4-7-13-6-2-3-8-14(13)18/h13-14H,2-8,10-12H2,1H3/t13-,14-/m1/s1. The number of fused-ring (bicyclic) bond motifs is 1. The number of carbonyl (C=O) groups is 1. The lowest BCUT2D eigenvalue weighted by Gasteiger charge is -2.44. The van der Waals surface area contributed by atoms with Crippen molar-refractivity contribution in [1.82, 2.24) is 9.80 Å². The van der Waals surface area contributed by atoms with E-state index in [4.69, 9.17) is 5.26 Å². The second kappa shape index (κ2) is 6.91. The van der Waals surface area contributed by atoms with Crippen LogP contribution >= 0.6 is 0 Å². The molecular weight excluding hydrogens is 238 g/mol. The fourth-order valence-corrected chi connectivity index (χ4v) is 3.56. The average molecular weight is 263 g/mol. The minimum Gasteiger partial charge on any atom is -0.344 e. The van der Waals surface area contributed by atoms with Crippen LogP contribution in [0.3, 0.4) is 0 Å². The van der Waals surface area contributed by atoms with E-state index in [0.717, 1.165) is 12.5 Å². The van der Waals surface area contributed by atoms with E-state index in [1.165, 1.54) is 38.5 Å². The average Bonchev–Trinajstić information content (AvgIpc) is 2.45. The Kier molecular flexibility index (Phi) is 5.21. The summed E-state index contributed by atoms with van der Waals surface area (Å²) in [7, 11) is 1.81. The minimum absolute atomic E-state index is 0.168. The highest BCUT2D eigenvalue weighted by atomic mass is 16.2. The Hall–Kier alpha value is -1.08. The van der Waals surface area contributed by atoms with Crippen LogP contribution in [0, 0.1) is 17.2 Å². The fourth-order valence-electron chi connectivity index (χ4n) is 3.56. The monoisotopic (exact) mass is 263 g/mol. The van der Waals surface area contributed by atoms with Crippen molar-refractivity contribution in [2.24, 2.45) is 5.92 Å². The van der Waals surface area contributed by atoms with Crippen LogP contribution in [0.5, 0.6) is 0 Å². The molecule has 0 aromatic rings. The summed E-state index contributed by atoms with van der Waals surface area (Å²) in [4.78, 5) is 16.3. The summed E-state index contributed by atoms with van der Waals surface area (Å²) in [5, 5.41) is 8.57. The van der Waals surface area contributed by atoms with Crippen LogP contribution in [0.2, 0.25) is 0 Å². The number of carbonyl (C=O) groups excluding carboxylic acids is 1. The van der Waals surface area contributed by atoms with E-state index in [1.807, 2.05) is 7.05 Å². The highest BCUT2D eigenvalue weighted by Gasteiger charge is 2.34. The number of piperidine rings is 1. The third kappa shape index (κ3) is 3.70. The third-order valence-electron chi connectivity index (χ3n) is 4.68. The van der Waals surface area contributed by atoms with E-state index >= 15 is 0 Å². The van der Waals surface area contributed by atoms with Gasteiger partial charge in [-0.15, -0.1) is 0 Å². The van der Waals surface area contributed by atoms with Crippen LogP contribution in [0.4, 0.5) is 0 Å². The van der Waals surface area contributed by atoms with Gasteiger partial charge in [0.25, 0.3) is 0 Å². The van der Waals surface area contributed by atoms with Gasteiger partial charge in [-0.1, -0.05) is 12.8 Å². The van der Waals surface area contributed by atoms with E-state index < -0.39 is 0 Å². The number of hydrogen-bond donors (Lipinski definition) is 0. The lowest BCUT2D eigenvalue weighted by Crippen LogP contribution is -2.50. The Morgan fingerprint density at radius 2 is 2.05 bits per heavy atom. The largest absolute Gasteiger partial charge is 0.344 e. The van der Waals surface area contributed by atoms with Crippen LogP contribution in [-0.4, -0.2) is 48.4 Å². The van der Waals surface area contributed by atoms with Gasteiger partial charge in [-0.25, -0.2) is 0 Å². The van der Waals surface area contributed by atoms with Gasteiger partial charge in [0.05, 0.1) is 19.0 Å². The quantitative estimate of drug-likeness (QED) is 0.779. The molecule has 0 aromatic carbocycles. The van der Waals surface area contributed by atoms with Crippen LogP contribution in [-0.2, 0) is 4.79 Å². The summed E-state index contributed by atoms with van der Waals surface area (Å²) in [5.41, 5.74) is 0. The third-order valence-corrected chi connectivity index (χ3v) is 4.68. The predicted octanol–water partition coefficient (Wildman–Crippen LogP) is 2.01. The molecule has 1 aliphatic carbocycles. The van der Waals surface area contributed by atoms with Gasteiger partial charge in [0.2, 0.25) is 5.91 Å². The zero-order valence-electron chi connectivity index (χ0n) is 12.0. The fraction of sp³-hybridized carbons (Fsp3) is 0.867. The first-order valence-electron chi connectivity index (χ1n) is 7.57. The Bertz CT molecular complexity index is 348. The van der Waals surface area contributed by atoms with Crippen LogP contribution < -0.4 is 0 Å². The molecular formula is C15H25N3O. The summed E-state index contributed by atoms with van der Waals surface area (Å²) in [5.74, 6) is 0.987. The maximum absolute atomic E-state index is 12.2. The molecule has 1 aliphatic heterocycles. The molecule has 4 nitrogen and oxygen atoms in total. The van der Waals surface area contributed by atoms with Crippen LogP contribution in [0.15, 0.2) is 0 Å². The van der Waals surface area contributed by atoms with Crippen LogP contribution in [0.1, 0.15) is 44.9 Å². The molecule has 1 heterocycles. The molecule has 0 aromatic heterocycles. The number of nitriles is 1. The summed E-state index contributed by atoms with van der Waals surface area (Å²) in [6, 6.07) is 2.73.